The van der Waals surface area contributed by atoms with Gasteiger partial charge in [-0.25, -0.2) is 0 Å². The number of aliphatic hydroxyl groups is 1. The number of aliphatic hydroxyl groups excluding tert-OH is 1. The first-order valence-electron chi connectivity index (χ1n) is 4.73. The summed E-state index contributed by atoms with van der Waals surface area (Å²) >= 11 is 0. The summed E-state index contributed by atoms with van der Waals surface area (Å²) in [6, 6.07) is 0. The second kappa shape index (κ2) is 4.24. The van der Waals surface area contributed by atoms with E-state index in [1.807, 2.05) is 0 Å². The summed E-state index contributed by atoms with van der Waals surface area (Å²) in [5, 5.41) is 12.1. The zero-order chi connectivity index (χ0) is 9.83. The third-order valence-corrected chi connectivity index (χ3v) is 2.99. The van der Waals surface area contributed by atoms with Crippen molar-refractivity contribution in [1.29, 1.82) is 0 Å². The quantitative estimate of drug-likeness (QED) is 0.679. The lowest BCUT2D eigenvalue weighted by molar-refractivity contribution is 0.139. The van der Waals surface area contributed by atoms with Crippen molar-refractivity contribution in [1.82, 2.24) is 5.32 Å². The van der Waals surface area contributed by atoms with Crippen LogP contribution in [0.3, 0.4) is 0 Å². The summed E-state index contributed by atoms with van der Waals surface area (Å²) in [6.45, 7) is 12.0. The van der Waals surface area contributed by atoms with Gasteiger partial charge in [0.1, 0.15) is 0 Å². The molecule has 1 atom stereocenters. The summed E-state index contributed by atoms with van der Waals surface area (Å²) in [5.41, 5.74) is 0.354. The Kier molecular flexibility index (Phi) is 4.21. The van der Waals surface area contributed by atoms with Crippen LogP contribution in [0.2, 0.25) is 0 Å². The predicted octanol–water partition coefficient (Wildman–Crippen LogP) is 1.78. The highest BCUT2D eigenvalue weighted by atomic mass is 16.3. The highest BCUT2D eigenvalue weighted by molar-refractivity contribution is 4.92. The van der Waals surface area contributed by atoms with Crippen molar-refractivity contribution in [3.63, 3.8) is 0 Å². The molecule has 2 heteroatoms. The van der Waals surface area contributed by atoms with Gasteiger partial charge in [-0.1, -0.05) is 27.7 Å². The van der Waals surface area contributed by atoms with Crippen molar-refractivity contribution in [2.75, 3.05) is 13.2 Å². The molecule has 0 saturated carbocycles. The highest BCUT2D eigenvalue weighted by Crippen LogP contribution is 2.32. The molecule has 1 unspecified atom stereocenters. The largest absolute Gasteiger partial charge is 0.395 e. The maximum atomic E-state index is 8.73. The standard InChI is InChI=1S/C10H23NO/c1-6-10(5,9(2,3)4)11-7-8-12/h11-12H,6-8H2,1-5H3. The summed E-state index contributed by atoms with van der Waals surface area (Å²) in [6.07, 6.45) is 1.08. The van der Waals surface area contributed by atoms with E-state index in [2.05, 4.69) is 39.9 Å². The van der Waals surface area contributed by atoms with Crippen LogP contribution in [0.5, 0.6) is 0 Å². The Morgan fingerprint density at radius 3 is 1.92 bits per heavy atom. The van der Waals surface area contributed by atoms with Crippen molar-refractivity contribution in [3.8, 4) is 0 Å². The predicted molar refractivity (Wildman–Crippen MR) is 53.2 cm³/mol. The van der Waals surface area contributed by atoms with Gasteiger partial charge in [-0.2, -0.15) is 0 Å². The molecule has 0 radical (unpaired) electrons. The second-order valence-electron chi connectivity index (χ2n) is 4.59. The molecular weight excluding hydrogens is 150 g/mol. The molecule has 2 nitrogen and oxygen atoms in total. The zero-order valence-electron chi connectivity index (χ0n) is 9.07. The van der Waals surface area contributed by atoms with Crippen LogP contribution in [0, 0.1) is 5.41 Å². The number of hydrogen-bond acceptors (Lipinski definition) is 2. The molecule has 0 aromatic carbocycles. The van der Waals surface area contributed by atoms with Crippen molar-refractivity contribution in [3.05, 3.63) is 0 Å². The topological polar surface area (TPSA) is 32.3 Å². The third-order valence-electron chi connectivity index (χ3n) is 2.99. The van der Waals surface area contributed by atoms with E-state index in [1.54, 1.807) is 0 Å². The minimum absolute atomic E-state index is 0.121. The monoisotopic (exact) mass is 173 g/mol. The molecule has 0 aliphatic rings. The van der Waals surface area contributed by atoms with Gasteiger partial charge in [0.05, 0.1) is 6.61 Å². The van der Waals surface area contributed by atoms with E-state index < -0.39 is 0 Å². The Balaban J connectivity index is 4.24. The number of hydrogen-bond donors (Lipinski definition) is 2. The molecule has 0 aliphatic carbocycles. The van der Waals surface area contributed by atoms with E-state index >= 15 is 0 Å². The van der Waals surface area contributed by atoms with Gasteiger partial charge in [0, 0.05) is 12.1 Å². The number of rotatable bonds is 4. The minimum Gasteiger partial charge on any atom is -0.395 e. The fourth-order valence-corrected chi connectivity index (χ4v) is 1.25. The fourth-order valence-electron chi connectivity index (χ4n) is 1.25. The maximum Gasteiger partial charge on any atom is 0.0556 e. The summed E-state index contributed by atoms with van der Waals surface area (Å²) in [4.78, 5) is 0. The molecule has 0 fully saturated rings. The first kappa shape index (κ1) is 11.9. The van der Waals surface area contributed by atoms with Crippen molar-refractivity contribution < 1.29 is 5.11 Å². The van der Waals surface area contributed by atoms with Crippen molar-refractivity contribution in [2.45, 2.75) is 46.6 Å². The van der Waals surface area contributed by atoms with E-state index in [0.29, 0.717) is 6.54 Å². The lowest BCUT2D eigenvalue weighted by Crippen LogP contribution is -2.52. The summed E-state index contributed by atoms with van der Waals surface area (Å²) in [5.74, 6) is 0. The number of nitrogens with one attached hydrogen (secondary N) is 1. The average Bonchev–Trinajstić information content (AvgIpc) is 1.98. The van der Waals surface area contributed by atoms with E-state index in [4.69, 9.17) is 5.11 Å². The molecule has 12 heavy (non-hydrogen) atoms. The Labute approximate surface area is 76.4 Å². The Morgan fingerprint density at radius 1 is 1.17 bits per heavy atom. The first-order valence-corrected chi connectivity index (χ1v) is 4.73. The van der Waals surface area contributed by atoms with E-state index in [1.165, 1.54) is 0 Å². The molecule has 0 saturated heterocycles. The van der Waals surface area contributed by atoms with Gasteiger partial charge < -0.3 is 10.4 Å². The minimum atomic E-state index is 0.121. The van der Waals surface area contributed by atoms with E-state index in [9.17, 15) is 0 Å². The smallest absolute Gasteiger partial charge is 0.0556 e. The second-order valence-corrected chi connectivity index (χ2v) is 4.59. The average molecular weight is 173 g/mol. The lowest BCUT2D eigenvalue weighted by atomic mass is 9.73. The molecule has 0 spiro atoms. The molecule has 74 valence electrons. The molecule has 2 N–H and O–H groups in total. The van der Waals surface area contributed by atoms with Crippen LogP contribution in [0.4, 0.5) is 0 Å². The van der Waals surface area contributed by atoms with Crippen LogP contribution in [0.15, 0.2) is 0 Å². The lowest BCUT2D eigenvalue weighted by Gasteiger charge is -2.42. The van der Waals surface area contributed by atoms with Gasteiger partial charge >= 0.3 is 0 Å². The van der Waals surface area contributed by atoms with Gasteiger partial charge in [-0.05, 0) is 18.8 Å². The first-order chi connectivity index (χ1) is 5.37. The Morgan fingerprint density at radius 2 is 1.67 bits per heavy atom. The zero-order valence-corrected chi connectivity index (χ0v) is 9.07. The molecule has 0 heterocycles. The maximum absolute atomic E-state index is 8.73. The van der Waals surface area contributed by atoms with Gasteiger partial charge in [-0.15, -0.1) is 0 Å². The van der Waals surface area contributed by atoms with Gasteiger partial charge in [0.15, 0.2) is 0 Å². The van der Waals surface area contributed by atoms with Crippen LogP contribution >= 0.6 is 0 Å². The summed E-state index contributed by atoms with van der Waals surface area (Å²) < 4.78 is 0. The molecular formula is C10H23NO. The van der Waals surface area contributed by atoms with Crippen LogP contribution in [-0.4, -0.2) is 23.8 Å². The van der Waals surface area contributed by atoms with Crippen molar-refractivity contribution >= 4 is 0 Å². The molecule has 0 aromatic heterocycles. The van der Waals surface area contributed by atoms with Crippen molar-refractivity contribution in [2.24, 2.45) is 5.41 Å². The third kappa shape index (κ3) is 2.76. The van der Waals surface area contributed by atoms with Gasteiger partial charge in [-0.3, -0.25) is 0 Å². The summed E-state index contributed by atoms with van der Waals surface area (Å²) in [7, 11) is 0. The number of β-amino-alcohol motifs (C(OH)–C–C–N with tert-alkyl or cyclic N) is 1. The molecule has 0 rings (SSSR count). The van der Waals surface area contributed by atoms with E-state index in [0.717, 1.165) is 6.42 Å². The van der Waals surface area contributed by atoms with Crippen LogP contribution in [0.25, 0.3) is 0 Å². The molecule has 0 aliphatic heterocycles. The highest BCUT2D eigenvalue weighted by Gasteiger charge is 2.34. The molecule has 0 bridgehead atoms. The van der Waals surface area contributed by atoms with Gasteiger partial charge in [0.2, 0.25) is 0 Å². The molecule has 0 aromatic rings. The SMILES string of the molecule is CCC(C)(NCCO)C(C)(C)C. The Hall–Kier alpha value is -0.0800. The van der Waals surface area contributed by atoms with Crippen LogP contribution in [0.1, 0.15) is 41.0 Å². The normalized spacial score (nSPS) is 17.5. The van der Waals surface area contributed by atoms with Crippen LogP contribution < -0.4 is 5.32 Å². The van der Waals surface area contributed by atoms with Gasteiger partial charge in [0.25, 0.3) is 0 Å². The van der Waals surface area contributed by atoms with E-state index in [-0.39, 0.29) is 17.6 Å². The fraction of sp³-hybridized carbons (Fsp3) is 1.00. The van der Waals surface area contributed by atoms with Crippen LogP contribution in [-0.2, 0) is 0 Å². The Bertz CT molecular complexity index is 128. The molecule has 0 amide bonds.